The van der Waals surface area contributed by atoms with Crippen molar-refractivity contribution in [2.24, 2.45) is 0 Å². The number of amides is 3. The van der Waals surface area contributed by atoms with Crippen LogP contribution in [0, 0.1) is 12.7 Å². The fourth-order valence-corrected chi connectivity index (χ4v) is 5.78. The standard InChI is InChI=1S/C27H29FN4O2S/c1-19-5-7-22(8-6-19)29-27(34)31-14-12-30(13-15-31)25(33)18-32-11-9-24-23(10-16-35-24)26(32)20-3-2-4-21(28)17-20/h2-8,10,16-17,26H,9,11-15,18H2,1H3,(H,29,34)/t26-/m0/s1. The average molecular weight is 493 g/mol. The van der Waals surface area contributed by atoms with Crippen LogP contribution in [0.5, 0.6) is 0 Å². The first kappa shape index (κ1) is 23.5. The number of urea groups is 1. The van der Waals surface area contributed by atoms with E-state index < -0.39 is 0 Å². The van der Waals surface area contributed by atoms with Crippen molar-refractivity contribution in [2.45, 2.75) is 19.4 Å². The predicted octanol–water partition coefficient (Wildman–Crippen LogP) is 4.52. The number of aryl methyl sites for hydroxylation is 1. The Kier molecular flexibility index (Phi) is 6.83. The number of halogens is 1. The van der Waals surface area contributed by atoms with Crippen molar-refractivity contribution >= 4 is 29.0 Å². The average Bonchev–Trinajstić information content (AvgIpc) is 3.34. The first-order chi connectivity index (χ1) is 17.0. The van der Waals surface area contributed by atoms with Crippen LogP contribution in [0.25, 0.3) is 0 Å². The van der Waals surface area contributed by atoms with Gasteiger partial charge in [-0.05, 0) is 60.2 Å². The van der Waals surface area contributed by atoms with Gasteiger partial charge in [-0.3, -0.25) is 9.69 Å². The number of benzene rings is 2. The molecule has 1 atom stereocenters. The normalized spacial score (nSPS) is 18.3. The molecule has 3 aromatic rings. The topological polar surface area (TPSA) is 55.9 Å². The molecule has 2 aliphatic heterocycles. The fraction of sp³-hybridized carbons (Fsp3) is 0.333. The molecule has 1 fully saturated rings. The van der Waals surface area contributed by atoms with Crippen LogP contribution in [-0.2, 0) is 11.2 Å². The van der Waals surface area contributed by atoms with Crippen molar-refractivity contribution in [3.63, 3.8) is 0 Å². The van der Waals surface area contributed by atoms with Gasteiger partial charge in [0.05, 0.1) is 12.6 Å². The van der Waals surface area contributed by atoms with Gasteiger partial charge in [0.15, 0.2) is 0 Å². The van der Waals surface area contributed by atoms with E-state index in [0.717, 1.165) is 35.3 Å². The molecule has 3 heterocycles. The molecule has 1 saturated heterocycles. The van der Waals surface area contributed by atoms with E-state index in [0.29, 0.717) is 26.2 Å². The van der Waals surface area contributed by atoms with E-state index in [1.165, 1.54) is 10.9 Å². The number of hydrogen-bond acceptors (Lipinski definition) is 4. The lowest BCUT2D eigenvalue weighted by Crippen LogP contribution is -2.54. The first-order valence-corrected chi connectivity index (χ1v) is 12.8. The van der Waals surface area contributed by atoms with Crippen LogP contribution in [0.2, 0.25) is 0 Å². The lowest BCUT2D eigenvalue weighted by atomic mass is 9.93. The molecule has 0 bridgehead atoms. The zero-order valence-electron chi connectivity index (χ0n) is 19.7. The van der Waals surface area contributed by atoms with Crippen LogP contribution in [0.3, 0.4) is 0 Å². The molecule has 1 aromatic heterocycles. The van der Waals surface area contributed by atoms with Gasteiger partial charge in [0.1, 0.15) is 5.82 Å². The third-order valence-electron chi connectivity index (χ3n) is 6.79. The minimum atomic E-state index is -0.267. The molecule has 1 N–H and O–H groups in total. The number of carbonyl (C=O) groups is 2. The van der Waals surface area contributed by atoms with Gasteiger partial charge >= 0.3 is 6.03 Å². The molecule has 182 valence electrons. The molecule has 8 heteroatoms. The minimum Gasteiger partial charge on any atom is -0.338 e. The number of fused-ring (bicyclic) bond motifs is 1. The zero-order valence-corrected chi connectivity index (χ0v) is 20.6. The highest BCUT2D eigenvalue weighted by Gasteiger charge is 2.33. The summed E-state index contributed by atoms with van der Waals surface area (Å²) in [7, 11) is 0. The third-order valence-corrected chi connectivity index (χ3v) is 7.79. The molecule has 3 amide bonds. The van der Waals surface area contributed by atoms with Gasteiger partial charge in [-0.15, -0.1) is 11.3 Å². The molecular weight excluding hydrogens is 463 g/mol. The van der Waals surface area contributed by atoms with E-state index in [2.05, 4.69) is 21.7 Å². The van der Waals surface area contributed by atoms with Gasteiger partial charge in [0, 0.05) is 43.3 Å². The number of rotatable bonds is 4. The lowest BCUT2D eigenvalue weighted by molar-refractivity contribution is -0.134. The Hall–Kier alpha value is -3.23. The Morgan fingerprint density at radius 1 is 1.00 bits per heavy atom. The Morgan fingerprint density at radius 2 is 1.74 bits per heavy atom. The van der Waals surface area contributed by atoms with Crippen molar-refractivity contribution in [2.75, 3.05) is 44.6 Å². The number of thiophene rings is 1. The van der Waals surface area contributed by atoms with Crippen molar-refractivity contribution in [1.82, 2.24) is 14.7 Å². The molecule has 35 heavy (non-hydrogen) atoms. The highest BCUT2D eigenvalue weighted by molar-refractivity contribution is 7.10. The molecule has 0 unspecified atom stereocenters. The number of nitrogens with one attached hydrogen (secondary N) is 1. The van der Waals surface area contributed by atoms with Crippen LogP contribution in [0.15, 0.2) is 60.0 Å². The Labute approximate surface area is 209 Å². The minimum absolute atomic E-state index is 0.0451. The second kappa shape index (κ2) is 10.2. The third kappa shape index (κ3) is 5.23. The molecular formula is C27H29FN4O2S. The lowest BCUT2D eigenvalue weighted by Gasteiger charge is -2.39. The smallest absolute Gasteiger partial charge is 0.321 e. The van der Waals surface area contributed by atoms with Crippen LogP contribution >= 0.6 is 11.3 Å². The molecule has 0 spiro atoms. The summed E-state index contributed by atoms with van der Waals surface area (Å²) in [6.45, 7) is 5.01. The van der Waals surface area contributed by atoms with Crippen LogP contribution in [0.4, 0.5) is 14.9 Å². The van der Waals surface area contributed by atoms with E-state index in [1.807, 2.05) is 42.2 Å². The Balaban J connectivity index is 1.21. The van der Waals surface area contributed by atoms with Crippen LogP contribution in [0.1, 0.15) is 27.6 Å². The number of anilines is 1. The molecule has 0 aliphatic carbocycles. The number of hydrogen-bond donors (Lipinski definition) is 1. The number of carbonyl (C=O) groups excluding carboxylic acids is 2. The second-order valence-corrected chi connectivity index (χ2v) is 10.1. The van der Waals surface area contributed by atoms with Gasteiger partial charge in [0.25, 0.3) is 0 Å². The highest BCUT2D eigenvalue weighted by atomic mass is 32.1. The summed E-state index contributed by atoms with van der Waals surface area (Å²) in [6, 6.07) is 16.2. The van der Waals surface area contributed by atoms with Crippen molar-refractivity contribution in [1.29, 1.82) is 0 Å². The molecule has 0 radical (unpaired) electrons. The zero-order chi connectivity index (χ0) is 24.4. The molecule has 6 nitrogen and oxygen atoms in total. The predicted molar refractivity (Wildman–Crippen MR) is 136 cm³/mol. The van der Waals surface area contributed by atoms with E-state index >= 15 is 0 Å². The van der Waals surface area contributed by atoms with Crippen LogP contribution < -0.4 is 5.32 Å². The van der Waals surface area contributed by atoms with E-state index in [-0.39, 0.29) is 30.3 Å². The summed E-state index contributed by atoms with van der Waals surface area (Å²) >= 11 is 1.72. The SMILES string of the molecule is Cc1ccc(NC(=O)N2CCN(C(=O)CN3CCc4sccc4[C@@H]3c3cccc(F)c3)CC2)cc1. The summed E-state index contributed by atoms with van der Waals surface area (Å²) in [6.07, 6.45) is 0.888. The number of nitrogens with zero attached hydrogens (tertiary/aromatic N) is 3. The molecule has 5 rings (SSSR count). The van der Waals surface area contributed by atoms with E-state index in [4.69, 9.17) is 0 Å². The monoisotopic (exact) mass is 492 g/mol. The van der Waals surface area contributed by atoms with Gasteiger partial charge in [0.2, 0.25) is 5.91 Å². The van der Waals surface area contributed by atoms with Crippen LogP contribution in [-0.4, -0.2) is 65.9 Å². The van der Waals surface area contributed by atoms with Crippen molar-refractivity contribution in [3.8, 4) is 0 Å². The quantitative estimate of drug-likeness (QED) is 0.583. The van der Waals surface area contributed by atoms with Gasteiger partial charge in [-0.2, -0.15) is 0 Å². The maximum atomic E-state index is 14.0. The molecule has 2 aliphatic rings. The van der Waals surface area contributed by atoms with E-state index in [1.54, 1.807) is 28.4 Å². The number of piperazine rings is 1. The summed E-state index contributed by atoms with van der Waals surface area (Å²) in [5.41, 5.74) is 3.94. The van der Waals surface area contributed by atoms with Gasteiger partial charge in [-0.25, -0.2) is 9.18 Å². The van der Waals surface area contributed by atoms with Gasteiger partial charge in [-0.1, -0.05) is 29.8 Å². The Bertz CT molecular complexity index is 1200. The first-order valence-electron chi connectivity index (χ1n) is 11.9. The summed E-state index contributed by atoms with van der Waals surface area (Å²) in [5.74, 6) is -0.222. The highest BCUT2D eigenvalue weighted by Crippen LogP contribution is 2.37. The fourth-order valence-electron chi connectivity index (χ4n) is 4.88. The van der Waals surface area contributed by atoms with Gasteiger partial charge < -0.3 is 15.1 Å². The molecule has 2 aromatic carbocycles. The maximum Gasteiger partial charge on any atom is 0.321 e. The molecule has 0 saturated carbocycles. The van der Waals surface area contributed by atoms with E-state index in [9.17, 15) is 14.0 Å². The van der Waals surface area contributed by atoms with Crippen molar-refractivity contribution < 1.29 is 14.0 Å². The maximum absolute atomic E-state index is 14.0. The summed E-state index contributed by atoms with van der Waals surface area (Å²) < 4.78 is 14.0. The second-order valence-electron chi connectivity index (χ2n) is 9.14. The summed E-state index contributed by atoms with van der Waals surface area (Å²) in [4.78, 5) is 32.9. The Morgan fingerprint density at radius 3 is 2.49 bits per heavy atom. The summed E-state index contributed by atoms with van der Waals surface area (Å²) in [5, 5.41) is 5.00. The van der Waals surface area contributed by atoms with Crippen molar-refractivity contribution in [3.05, 3.63) is 87.4 Å². The largest absolute Gasteiger partial charge is 0.338 e.